The number of thioether (sulfide) groups is 1. The van der Waals surface area contributed by atoms with Gasteiger partial charge in [-0.15, -0.1) is 11.8 Å². The van der Waals surface area contributed by atoms with Gasteiger partial charge >= 0.3 is 6.03 Å². The van der Waals surface area contributed by atoms with Gasteiger partial charge in [-0.05, 0) is 47.7 Å². The Kier molecular flexibility index (Phi) is 6.00. The van der Waals surface area contributed by atoms with E-state index in [9.17, 15) is 4.79 Å². The summed E-state index contributed by atoms with van der Waals surface area (Å²) in [7, 11) is 0. The first-order valence-electron chi connectivity index (χ1n) is 9.41. The van der Waals surface area contributed by atoms with Gasteiger partial charge in [-0.3, -0.25) is 0 Å². The van der Waals surface area contributed by atoms with E-state index in [4.69, 9.17) is 4.74 Å². The maximum absolute atomic E-state index is 12.8. The van der Waals surface area contributed by atoms with E-state index in [2.05, 4.69) is 50.4 Å². The lowest BCUT2D eigenvalue weighted by Crippen LogP contribution is -2.34. The quantitative estimate of drug-likeness (QED) is 0.739. The van der Waals surface area contributed by atoms with Crippen LogP contribution in [0.4, 0.5) is 10.5 Å². The van der Waals surface area contributed by atoms with Gasteiger partial charge < -0.3 is 15.0 Å². The molecule has 3 rings (SSSR count). The van der Waals surface area contributed by atoms with E-state index in [1.165, 1.54) is 11.1 Å². The Morgan fingerprint density at radius 1 is 1.15 bits per heavy atom. The molecule has 144 valence electrons. The first-order chi connectivity index (χ1) is 12.9. The van der Waals surface area contributed by atoms with Crippen molar-refractivity contribution in [3.8, 4) is 5.75 Å². The van der Waals surface area contributed by atoms with Gasteiger partial charge in [0.1, 0.15) is 11.1 Å². The number of ether oxygens (including phenoxy) is 1. The molecule has 1 saturated heterocycles. The lowest BCUT2D eigenvalue weighted by molar-refractivity contribution is 0.214. The van der Waals surface area contributed by atoms with E-state index in [1.54, 1.807) is 0 Å². The van der Waals surface area contributed by atoms with Gasteiger partial charge in [0.15, 0.2) is 0 Å². The third-order valence-corrected chi connectivity index (χ3v) is 5.89. The lowest BCUT2D eigenvalue weighted by Gasteiger charge is -2.25. The number of urea groups is 1. The van der Waals surface area contributed by atoms with E-state index < -0.39 is 0 Å². The summed E-state index contributed by atoms with van der Waals surface area (Å²) in [6, 6.07) is 16.1. The molecule has 5 heteroatoms. The van der Waals surface area contributed by atoms with Gasteiger partial charge in [0.05, 0.1) is 6.61 Å². The van der Waals surface area contributed by atoms with Crippen molar-refractivity contribution >= 4 is 23.5 Å². The number of hydrogen-bond acceptors (Lipinski definition) is 3. The molecule has 2 aromatic rings. The molecule has 0 aromatic heterocycles. The molecule has 0 aliphatic carbocycles. The number of carbonyl (C=O) groups excluding carboxylic acids is 1. The number of nitrogens with one attached hydrogen (secondary N) is 1. The largest absolute Gasteiger partial charge is 0.494 e. The van der Waals surface area contributed by atoms with Crippen molar-refractivity contribution in [2.45, 2.75) is 38.5 Å². The van der Waals surface area contributed by atoms with Crippen molar-refractivity contribution in [1.29, 1.82) is 0 Å². The Bertz CT molecular complexity index is 766. The Hall–Kier alpha value is -2.14. The van der Waals surface area contributed by atoms with Crippen LogP contribution < -0.4 is 10.1 Å². The number of hydrogen-bond donors (Lipinski definition) is 1. The Morgan fingerprint density at radius 3 is 2.41 bits per heavy atom. The molecule has 0 saturated carbocycles. The smallest absolute Gasteiger partial charge is 0.323 e. The predicted molar refractivity (Wildman–Crippen MR) is 114 cm³/mol. The molecule has 1 aliphatic heterocycles. The maximum Gasteiger partial charge on any atom is 0.323 e. The second-order valence-electron chi connectivity index (χ2n) is 7.68. The summed E-state index contributed by atoms with van der Waals surface area (Å²) in [5, 5.41) is 3.06. The van der Waals surface area contributed by atoms with Crippen LogP contribution in [0, 0.1) is 0 Å². The first kappa shape index (κ1) is 19.6. The Labute approximate surface area is 166 Å². The van der Waals surface area contributed by atoms with Crippen LogP contribution >= 0.6 is 11.8 Å². The van der Waals surface area contributed by atoms with Gasteiger partial charge in [-0.2, -0.15) is 0 Å². The van der Waals surface area contributed by atoms with Crippen LogP contribution in [-0.2, 0) is 5.41 Å². The summed E-state index contributed by atoms with van der Waals surface area (Å²) in [5.74, 6) is 1.76. The molecule has 2 aromatic carbocycles. The molecule has 0 unspecified atom stereocenters. The van der Waals surface area contributed by atoms with Crippen molar-refractivity contribution in [3.63, 3.8) is 0 Å². The summed E-state index contributed by atoms with van der Waals surface area (Å²) in [5.41, 5.74) is 3.39. The average Bonchev–Trinajstić information content (AvgIpc) is 3.13. The van der Waals surface area contributed by atoms with E-state index in [0.29, 0.717) is 6.61 Å². The van der Waals surface area contributed by atoms with Crippen LogP contribution in [0.3, 0.4) is 0 Å². The van der Waals surface area contributed by atoms with E-state index in [0.717, 1.165) is 23.7 Å². The molecular weight excluding hydrogens is 356 g/mol. The second-order valence-corrected chi connectivity index (χ2v) is 8.86. The van der Waals surface area contributed by atoms with Crippen molar-refractivity contribution in [1.82, 2.24) is 4.90 Å². The molecular formula is C22H28N2O2S. The number of rotatable bonds is 4. The zero-order valence-electron chi connectivity index (χ0n) is 16.5. The van der Waals surface area contributed by atoms with Gasteiger partial charge in [0.2, 0.25) is 0 Å². The van der Waals surface area contributed by atoms with Crippen molar-refractivity contribution in [2.24, 2.45) is 0 Å². The topological polar surface area (TPSA) is 41.6 Å². The first-order valence-corrected chi connectivity index (χ1v) is 10.5. The van der Waals surface area contributed by atoms with Crippen LogP contribution in [0.1, 0.15) is 44.2 Å². The number of anilines is 1. The number of benzene rings is 2. The van der Waals surface area contributed by atoms with Crippen LogP contribution in [-0.4, -0.2) is 29.8 Å². The molecule has 1 fully saturated rings. The molecule has 0 spiro atoms. The standard InChI is InChI=1S/C22H28N2O2S/c1-5-26-19-12-10-18(11-13-19)23-21(25)24-14-15-27-20(24)16-6-8-17(9-7-16)22(2,3)4/h6-13,20H,5,14-15H2,1-4H3,(H,23,25)/t20-/m1/s1. The summed E-state index contributed by atoms with van der Waals surface area (Å²) < 4.78 is 5.45. The molecule has 1 heterocycles. The van der Waals surface area contributed by atoms with Crippen LogP contribution in [0.5, 0.6) is 5.75 Å². The van der Waals surface area contributed by atoms with Crippen molar-refractivity contribution in [2.75, 3.05) is 24.2 Å². The highest BCUT2D eigenvalue weighted by molar-refractivity contribution is 7.99. The molecule has 1 N–H and O–H groups in total. The highest BCUT2D eigenvalue weighted by atomic mass is 32.2. The average molecular weight is 385 g/mol. The minimum Gasteiger partial charge on any atom is -0.494 e. The molecule has 2 amide bonds. The summed E-state index contributed by atoms with van der Waals surface area (Å²) in [6.07, 6.45) is 0. The lowest BCUT2D eigenvalue weighted by atomic mass is 9.87. The SMILES string of the molecule is CCOc1ccc(NC(=O)N2CCS[C@@H]2c2ccc(C(C)(C)C)cc2)cc1. The van der Waals surface area contributed by atoms with Crippen LogP contribution in [0.15, 0.2) is 48.5 Å². The minimum absolute atomic E-state index is 0.0571. The maximum atomic E-state index is 12.8. The minimum atomic E-state index is -0.0611. The van der Waals surface area contributed by atoms with Gasteiger partial charge in [-0.1, -0.05) is 45.0 Å². The molecule has 27 heavy (non-hydrogen) atoms. The monoisotopic (exact) mass is 384 g/mol. The molecule has 0 bridgehead atoms. The van der Waals surface area contributed by atoms with E-state index in [1.807, 2.05) is 47.9 Å². The fraction of sp³-hybridized carbons (Fsp3) is 0.409. The molecule has 1 aliphatic rings. The fourth-order valence-electron chi connectivity index (χ4n) is 3.10. The zero-order valence-corrected chi connectivity index (χ0v) is 17.3. The predicted octanol–water partition coefficient (Wildman–Crippen LogP) is 5.66. The van der Waals surface area contributed by atoms with E-state index in [-0.39, 0.29) is 16.8 Å². The van der Waals surface area contributed by atoms with Gasteiger partial charge in [-0.25, -0.2) is 4.79 Å². The summed E-state index contributed by atoms with van der Waals surface area (Å²) in [6.45, 7) is 9.97. The Morgan fingerprint density at radius 2 is 1.81 bits per heavy atom. The normalized spacial score (nSPS) is 17.0. The highest BCUT2D eigenvalue weighted by Gasteiger charge is 2.31. The fourth-order valence-corrected chi connectivity index (χ4v) is 4.35. The number of carbonyl (C=O) groups is 1. The van der Waals surface area contributed by atoms with Gasteiger partial charge in [0.25, 0.3) is 0 Å². The third kappa shape index (κ3) is 4.78. The summed E-state index contributed by atoms with van der Waals surface area (Å²) in [4.78, 5) is 14.7. The number of amides is 2. The Balaban J connectivity index is 1.69. The van der Waals surface area contributed by atoms with E-state index >= 15 is 0 Å². The highest BCUT2D eigenvalue weighted by Crippen LogP contribution is 2.39. The molecule has 1 atom stereocenters. The van der Waals surface area contributed by atoms with Crippen molar-refractivity contribution < 1.29 is 9.53 Å². The van der Waals surface area contributed by atoms with Crippen LogP contribution in [0.2, 0.25) is 0 Å². The third-order valence-electron chi connectivity index (χ3n) is 4.63. The van der Waals surface area contributed by atoms with Crippen molar-refractivity contribution in [3.05, 3.63) is 59.7 Å². The summed E-state index contributed by atoms with van der Waals surface area (Å²) >= 11 is 1.81. The van der Waals surface area contributed by atoms with Gasteiger partial charge in [0, 0.05) is 18.0 Å². The molecule has 4 nitrogen and oxygen atoms in total. The number of nitrogens with zero attached hydrogens (tertiary/aromatic N) is 1. The van der Waals surface area contributed by atoms with Crippen LogP contribution in [0.25, 0.3) is 0 Å². The second kappa shape index (κ2) is 8.26. The molecule has 0 radical (unpaired) electrons. The zero-order chi connectivity index (χ0) is 19.4.